The molecule has 1 unspecified atom stereocenters. The molecule has 1 heterocycles. The number of para-hydroxylation sites is 1. The fourth-order valence-corrected chi connectivity index (χ4v) is 1.74. The Morgan fingerprint density at radius 2 is 2.06 bits per heavy atom. The molecule has 0 spiro atoms. The Morgan fingerprint density at radius 3 is 2.82 bits per heavy atom. The molecule has 1 atom stereocenters. The molecule has 0 aliphatic heterocycles. The molecule has 0 fully saturated rings. The van der Waals surface area contributed by atoms with Gasteiger partial charge in [0.1, 0.15) is 6.04 Å². The number of carbonyl (C=O) groups is 1. The van der Waals surface area contributed by atoms with Crippen molar-refractivity contribution in [2.75, 3.05) is 12.4 Å². The van der Waals surface area contributed by atoms with Gasteiger partial charge in [-0.25, -0.2) is 0 Å². The SMILES string of the molecule is CNC(=O)C(C)Nc1ccnc2ccccc12. The minimum absolute atomic E-state index is 0.0362. The lowest BCUT2D eigenvalue weighted by molar-refractivity contribution is -0.121. The van der Waals surface area contributed by atoms with Crippen LogP contribution >= 0.6 is 0 Å². The standard InChI is InChI=1S/C13H15N3O/c1-9(13(17)14-2)16-12-7-8-15-11-6-4-3-5-10(11)12/h3-9H,1-2H3,(H,14,17)(H,15,16). The third kappa shape index (κ3) is 2.36. The summed E-state index contributed by atoms with van der Waals surface area (Å²) in [5.41, 5.74) is 1.84. The highest BCUT2D eigenvalue weighted by Crippen LogP contribution is 2.21. The predicted octanol–water partition coefficient (Wildman–Crippen LogP) is 1.78. The zero-order valence-corrected chi connectivity index (χ0v) is 9.90. The van der Waals surface area contributed by atoms with Crippen LogP contribution in [-0.4, -0.2) is 24.0 Å². The zero-order chi connectivity index (χ0) is 12.3. The van der Waals surface area contributed by atoms with Gasteiger partial charge in [-0.15, -0.1) is 0 Å². The quantitative estimate of drug-likeness (QED) is 0.843. The van der Waals surface area contributed by atoms with Crippen molar-refractivity contribution in [3.05, 3.63) is 36.5 Å². The van der Waals surface area contributed by atoms with Gasteiger partial charge in [0.2, 0.25) is 5.91 Å². The average Bonchev–Trinajstić information content (AvgIpc) is 2.38. The van der Waals surface area contributed by atoms with Crippen LogP contribution in [0.25, 0.3) is 10.9 Å². The molecular weight excluding hydrogens is 214 g/mol. The summed E-state index contributed by atoms with van der Waals surface area (Å²) in [5.74, 6) is -0.0362. The van der Waals surface area contributed by atoms with Crippen LogP contribution in [0.5, 0.6) is 0 Å². The summed E-state index contributed by atoms with van der Waals surface area (Å²) in [7, 11) is 1.63. The summed E-state index contributed by atoms with van der Waals surface area (Å²) >= 11 is 0. The number of nitrogens with one attached hydrogen (secondary N) is 2. The van der Waals surface area contributed by atoms with Crippen LogP contribution in [0.1, 0.15) is 6.92 Å². The van der Waals surface area contributed by atoms with E-state index >= 15 is 0 Å². The minimum Gasteiger partial charge on any atom is -0.373 e. The van der Waals surface area contributed by atoms with E-state index in [9.17, 15) is 4.79 Å². The van der Waals surface area contributed by atoms with E-state index in [0.717, 1.165) is 16.6 Å². The predicted molar refractivity (Wildman–Crippen MR) is 68.9 cm³/mol. The highest BCUT2D eigenvalue weighted by atomic mass is 16.2. The Hall–Kier alpha value is -2.10. The normalized spacial score (nSPS) is 12.1. The molecule has 1 aromatic carbocycles. The first-order chi connectivity index (χ1) is 8.22. The molecule has 0 bridgehead atoms. The van der Waals surface area contributed by atoms with E-state index < -0.39 is 0 Å². The number of hydrogen-bond acceptors (Lipinski definition) is 3. The third-order valence-electron chi connectivity index (χ3n) is 2.66. The average molecular weight is 229 g/mol. The van der Waals surface area contributed by atoms with Crippen LogP contribution in [0.15, 0.2) is 36.5 Å². The Balaban J connectivity index is 2.33. The van der Waals surface area contributed by atoms with Crippen molar-refractivity contribution in [3.8, 4) is 0 Å². The number of hydrogen-bond donors (Lipinski definition) is 2. The zero-order valence-electron chi connectivity index (χ0n) is 9.90. The van der Waals surface area contributed by atoms with Crippen LogP contribution in [0.4, 0.5) is 5.69 Å². The minimum atomic E-state index is -0.272. The maximum absolute atomic E-state index is 11.5. The van der Waals surface area contributed by atoms with Gasteiger partial charge in [-0.05, 0) is 19.1 Å². The van der Waals surface area contributed by atoms with Crippen LogP contribution < -0.4 is 10.6 Å². The number of rotatable bonds is 3. The van der Waals surface area contributed by atoms with Gasteiger partial charge in [-0.3, -0.25) is 9.78 Å². The van der Waals surface area contributed by atoms with E-state index in [-0.39, 0.29) is 11.9 Å². The molecule has 4 nitrogen and oxygen atoms in total. The van der Waals surface area contributed by atoms with Gasteiger partial charge < -0.3 is 10.6 Å². The van der Waals surface area contributed by atoms with Crippen molar-refractivity contribution in [3.63, 3.8) is 0 Å². The first-order valence-corrected chi connectivity index (χ1v) is 5.54. The fraction of sp³-hybridized carbons (Fsp3) is 0.231. The van der Waals surface area contributed by atoms with Crippen molar-refractivity contribution in [2.45, 2.75) is 13.0 Å². The summed E-state index contributed by atoms with van der Waals surface area (Å²) in [4.78, 5) is 15.7. The lowest BCUT2D eigenvalue weighted by Gasteiger charge is -2.15. The summed E-state index contributed by atoms with van der Waals surface area (Å²) in [5, 5.41) is 6.82. The molecule has 4 heteroatoms. The van der Waals surface area contributed by atoms with Crippen LogP contribution in [-0.2, 0) is 4.79 Å². The second-order valence-electron chi connectivity index (χ2n) is 3.86. The van der Waals surface area contributed by atoms with Gasteiger partial charge in [0, 0.05) is 24.3 Å². The van der Waals surface area contributed by atoms with E-state index in [4.69, 9.17) is 0 Å². The van der Waals surface area contributed by atoms with Crippen LogP contribution in [0, 0.1) is 0 Å². The number of amides is 1. The van der Waals surface area contributed by atoms with Crippen molar-refractivity contribution in [1.82, 2.24) is 10.3 Å². The van der Waals surface area contributed by atoms with E-state index in [1.54, 1.807) is 13.2 Å². The highest BCUT2D eigenvalue weighted by molar-refractivity contribution is 5.93. The number of anilines is 1. The number of aromatic nitrogens is 1. The maximum Gasteiger partial charge on any atom is 0.241 e. The Kier molecular flexibility index (Phi) is 3.23. The van der Waals surface area contributed by atoms with Gasteiger partial charge in [0.15, 0.2) is 0 Å². The smallest absolute Gasteiger partial charge is 0.241 e. The Morgan fingerprint density at radius 1 is 1.29 bits per heavy atom. The topological polar surface area (TPSA) is 54.0 Å². The number of likely N-dealkylation sites (N-methyl/N-ethyl adjacent to an activating group) is 1. The molecule has 0 aliphatic rings. The first kappa shape index (κ1) is 11.4. The Labute approximate surface area is 100 Å². The number of carbonyl (C=O) groups excluding carboxylic acids is 1. The van der Waals surface area contributed by atoms with Crippen molar-refractivity contribution >= 4 is 22.5 Å². The lowest BCUT2D eigenvalue weighted by atomic mass is 10.1. The lowest BCUT2D eigenvalue weighted by Crippen LogP contribution is -2.35. The van der Waals surface area contributed by atoms with Gasteiger partial charge in [-0.2, -0.15) is 0 Å². The number of nitrogens with zero attached hydrogens (tertiary/aromatic N) is 1. The van der Waals surface area contributed by atoms with Gasteiger partial charge in [0.25, 0.3) is 0 Å². The van der Waals surface area contributed by atoms with E-state index in [1.807, 2.05) is 37.3 Å². The maximum atomic E-state index is 11.5. The molecule has 88 valence electrons. The molecule has 1 amide bonds. The van der Waals surface area contributed by atoms with E-state index in [0.29, 0.717) is 0 Å². The van der Waals surface area contributed by atoms with Crippen LogP contribution in [0.3, 0.4) is 0 Å². The molecule has 0 saturated carbocycles. The highest BCUT2D eigenvalue weighted by Gasteiger charge is 2.11. The second-order valence-corrected chi connectivity index (χ2v) is 3.86. The molecule has 0 radical (unpaired) electrons. The summed E-state index contributed by atoms with van der Waals surface area (Å²) < 4.78 is 0. The molecule has 2 aromatic rings. The van der Waals surface area contributed by atoms with Gasteiger partial charge in [0.05, 0.1) is 5.52 Å². The fourth-order valence-electron chi connectivity index (χ4n) is 1.74. The summed E-state index contributed by atoms with van der Waals surface area (Å²) in [6, 6.07) is 9.44. The number of fused-ring (bicyclic) bond motifs is 1. The molecular formula is C13H15N3O. The first-order valence-electron chi connectivity index (χ1n) is 5.54. The molecule has 1 aromatic heterocycles. The van der Waals surface area contributed by atoms with Crippen LogP contribution in [0.2, 0.25) is 0 Å². The summed E-state index contributed by atoms with van der Waals surface area (Å²) in [6.07, 6.45) is 1.74. The Bertz CT molecular complexity index is 534. The third-order valence-corrected chi connectivity index (χ3v) is 2.66. The molecule has 2 rings (SSSR count). The number of pyridine rings is 1. The number of benzene rings is 1. The monoisotopic (exact) mass is 229 g/mol. The second kappa shape index (κ2) is 4.82. The molecule has 0 aliphatic carbocycles. The van der Waals surface area contributed by atoms with Gasteiger partial charge >= 0.3 is 0 Å². The molecule has 2 N–H and O–H groups in total. The molecule has 0 saturated heterocycles. The van der Waals surface area contributed by atoms with Crippen molar-refractivity contribution in [1.29, 1.82) is 0 Å². The van der Waals surface area contributed by atoms with Gasteiger partial charge in [-0.1, -0.05) is 18.2 Å². The largest absolute Gasteiger partial charge is 0.373 e. The van der Waals surface area contributed by atoms with E-state index in [2.05, 4.69) is 15.6 Å². The van der Waals surface area contributed by atoms with E-state index in [1.165, 1.54) is 0 Å². The van der Waals surface area contributed by atoms with Crippen molar-refractivity contribution < 1.29 is 4.79 Å². The molecule has 17 heavy (non-hydrogen) atoms. The summed E-state index contributed by atoms with van der Waals surface area (Å²) in [6.45, 7) is 1.83. The van der Waals surface area contributed by atoms with Crippen molar-refractivity contribution in [2.24, 2.45) is 0 Å².